The third kappa shape index (κ3) is 6.34. The molecule has 0 fully saturated rings. The van der Waals surface area contributed by atoms with Gasteiger partial charge >= 0.3 is 6.18 Å². The Hall–Kier alpha value is -2.83. The van der Waals surface area contributed by atoms with E-state index in [1.54, 1.807) is 4.90 Å². The molecule has 4 nitrogen and oxygen atoms in total. The van der Waals surface area contributed by atoms with Gasteiger partial charge in [0, 0.05) is 24.9 Å². The molecule has 0 spiro atoms. The molecule has 0 bridgehead atoms. The molecular weight excluding hydrogens is 417 g/mol. The van der Waals surface area contributed by atoms with E-state index < -0.39 is 11.7 Å². The summed E-state index contributed by atoms with van der Waals surface area (Å²) in [5.41, 5.74) is 2.68. The largest absolute Gasteiger partial charge is 0.416 e. The number of rotatable bonds is 6. The fourth-order valence-corrected chi connectivity index (χ4v) is 3.67. The highest BCUT2D eigenvalue weighted by Crippen LogP contribution is 2.30. The van der Waals surface area contributed by atoms with Crippen molar-refractivity contribution in [2.24, 2.45) is 10.6 Å². The van der Waals surface area contributed by atoms with Gasteiger partial charge in [0.15, 0.2) is 6.10 Å². The third-order valence-corrected chi connectivity index (χ3v) is 5.30. The number of hydrogen-bond donors (Lipinski definition) is 0. The van der Waals surface area contributed by atoms with Gasteiger partial charge in [-0.2, -0.15) is 13.2 Å². The van der Waals surface area contributed by atoms with Crippen LogP contribution in [0.1, 0.15) is 55.9 Å². The number of carbonyl (C=O) groups is 1. The van der Waals surface area contributed by atoms with E-state index in [1.165, 1.54) is 12.1 Å². The van der Waals surface area contributed by atoms with Crippen molar-refractivity contribution in [1.82, 2.24) is 4.90 Å². The Bertz CT molecular complexity index is 976. The van der Waals surface area contributed by atoms with Crippen LogP contribution in [0.2, 0.25) is 0 Å². The highest BCUT2D eigenvalue weighted by atomic mass is 19.4. The fraction of sp³-hybridized carbons (Fsp3) is 0.440. The molecule has 7 heteroatoms. The lowest BCUT2D eigenvalue weighted by Gasteiger charge is -2.28. The van der Waals surface area contributed by atoms with Crippen LogP contribution in [-0.4, -0.2) is 29.2 Å². The first-order chi connectivity index (χ1) is 14.9. The summed E-state index contributed by atoms with van der Waals surface area (Å²) in [7, 11) is 0. The summed E-state index contributed by atoms with van der Waals surface area (Å²) in [6.45, 7) is 8.47. The van der Waals surface area contributed by atoms with Crippen molar-refractivity contribution in [3.05, 3.63) is 70.8 Å². The quantitative estimate of drug-likeness (QED) is 0.548. The van der Waals surface area contributed by atoms with E-state index in [2.05, 4.69) is 5.16 Å². The van der Waals surface area contributed by atoms with Crippen LogP contribution in [0.3, 0.4) is 0 Å². The Morgan fingerprint density at radius 3 is 2.34 bits per heavy atom. The van der Waals surface area contributed by atoms with Crippen molar-refractivity contribution in [3.63, 3.8) is 0 Å². The Morgan fingerprint density at radius 1 is 1.09 bits per heavy atom. The van der Waals surface area contributed by atoms with Gasteiger partial charge in [-0.1, -0.05) is 62.3 Å². The van der Waals surface area contributed by atoms with E-state index in [9.17, 15) is 18.0 Å². The molecule has 32 heavy (non-hydrogen) atoms. The summed E-state index contributed by atoms with van der Waals surface area (Å²) in [4.78, 5) is 20.3. The average Bonchev–Trinajstić information content (AvgIpc) is 3.14. The van der Waals surface area contributed by atoms with Crippen LogP contribution in [0.15, 0.2) is 53.7 Å². The van der Waals surface area contributed by atoms with Crippen LogP contribution in [0.4, 0.5) is 13.2 Å². The van der Waals surface area contributed by atoms with Crippen LogP contribution in [0.5, 0.6) is 0 Å². The Kier molecular flexibility index (Phi) is 6.96. The van der Waals surface area contributed by atoms with Gasteiger partial charge in [-0.3, -0.25) is 4.79 Å². The first-order valence-electron chi connectivity index (χ1n) is 10.6. The first kappa shape index (κ1) is 23.8. The minimum absolute atomic E-state index is 0.0645. The Labute approximate surface area is 187 Å². The van der Waals surface area contributed by atoms with Gasteiger partial charge in [0.05, 0.1) is 17.8 Å². The molecule has 3 rings (SSSR count). The van der Waals surface area contributed by atoms with E-state index in [0.717, 1.165) is 29.0 Å². The number of oxime groups is 1. The second-order valence-electron chi connectivity index (χ2n) is 9.49. The van der Waals surface area contributed by atoms with Crippen LogP contribution in [0, 0.1) is 12.3 Å². The SMILES string of the molecule is Cc1ccccc1C1=NO[C@@H](CN(Cc2ccc(C(F)(F)F)cc2)C(=O)CC(C)(C)C)C1. The van der Waals surface area contributed by atoms with E-state index in [-0.39, 0.29) is 24.0 Å². The predicted octanol–water partition coefficient (Wildman–Crippen LogP) is 5.97. The summed E-state index contributed by atoms with van der Waals surface area (Å²) >= 11 is 0. The van der Waals surface area contributed by atoms with Crippen molar-refractivity contribution in [2.45, 2.75) is 59.4 Å². The molecule has 1 amide bonds. The van der Waals surface area contributed by atoms with Crippen molar-refractivity contribution in [2.75, 3.05) is 6.54 Å². The predicted molar refractivity (Wildman–Crippen MR) is 118 cm³/mol. The standard InChI is InChI=1S/C25H29F3N2O2/c1-17-7-5-6-8-21(17)22-13-20(32-29-22)16-30(23(31)14-24(2,3)4)15-18-9-11-19(12-10-18)25(26,27)28/h5-12,20H,13-16H2,1-4H3/t20-/m1/s1. The zero-order chi connectivity index (χ0) is 23.5. The number of alkyl halides is 3. The molecule has 0 saturated carbocycles. The molecule has 1 heterocycles. The smallest absolute Gasteiger partial charge is 0.390 e. The molecule has 0 aromatic heterocycles. The van der Waals surface area contributed by atoms with Gasteiger partial charge in [-0.15, -0.1) is 0 Å². The number of nitrogens with zero attached hydrogens (tertiary/aromatic N) is 2. The summed E-state index contributed by atoms with van der Waals surface area (Å²) in [5, 5.41) is 4.23. The zero-order valence-electron chi connectivity index (χ0n) is 18.9. The lowest BCUT2D eigenvalue weighted by molar-refractivity contribution is -0.138. The number of amides is 1. The molecule has 0 aliphatic carbocycles. The summed E-state index contributed by atoms with van der Waals surface area (Å²) in [6, 6.07) is 12.8. The molecule has 0 radical (unpaired) electrons. The molecule has 0 saturated heterocycles. The van der Waals surface area contributed by atoms with Gasteiger partial charge in [0.25, 0.3) is 0 Å². The van der Waals surface area contributed by atoms with Crippen LogP contribution in [0.25, 0.3) is 0 Å². The fourth-order valence-electron chi connectivity index (χ4n) is 3.67. The van der Waals surface area contributed by atoms with Crippen molar-refractivity contribution >= 4 is 11.6 Å². The van der Waals surface area contributed by atoms with Crippen LogP contribution in [-0.2, 0) is 22.4 Å². The monoisotopic (exact) mass is 446 g/mol. The minimum Gasteiger partial charge on any atom is -0.390 e. The number of benzene rings is 2. The maximum absolute atomic E-state index is 13.0. The third-order valence-electron chi connectivity index (χ3n) is 5.30. The molecule has 1 aliphatic rings. The maximum atomic E-state index is 13.0. The molecule has 1 aliphatic heterocycles. The van der Waals surface area contributed by atoms with E-state index in [0.29, 0.717) is 24.9 Å². The average molecular weight is 447 g/mol. The molecule has 172 valence electrons. The number of halogens is 3. The van der Waals surface area contributed by atoms with E-state index in [1.807, 2.05) is 52.0 Å². The minimum atomic E-state index is -4.39. The van der Waals surface area contributed by atoms with E-state index in [4.69, 9.17) is 4.84 Å². The lowest BCUT2D eigenvalue weighted by Crippen LogP contribution is -2.38. The molecule has 2 aromatic carbocycles. The highest BCUT2D eigenvalue weighted by molar-refractivity contribution is 6.02. The van der Waals surface area contributed by atoms with Gasteiger partial charge in [0.1, 0.15) is 0 Å². The first-order valence-corrected chi connectivity index (χ1v) is 10.6. The second kappa shape index (κ2) is 9.35. The molecule has 1 atom stereocenters. The normalized spacial score (nSPS) is 16.5. The molecular formula is C25H29F3N2O2. The summed E-state index contributed by atoms with van der Waals surface area (Å²) in [5.74, 6) is -0.0645. The Morgan fingerprint density at radius 2 is 1.75 bits per heavy atom. The maximum Gasteiger partial charge on any atom is 0.416 e. The van der Waals surface area contributed by atoms with Crippen molar-refractivity contribution < 1.29 is 22.8 Å². The number of carbonyl (C=O) groups excluding carboxylic acids is 1. The summed E-state index contributed by atoms with van der Waals surface area (Å²) < 4.78 is 38.6. The van der Waals surface area contributed by atoms with Crippen LogP contribution < -0.4 is 0 Å². The van der Waals surface area contributed by atoms with Crippen LogP contribution >= 0.6 is 0 Å². The number of aryl methyl sites for hydroxylation is 1. The zero-order valence-corrected chi connectivity index (χ0v) is 18.9. The van der Waals surface area contributed by atoms with E-state index >= 15 is 0 Å². The van der Waals surface area contributed by atoms with Crippen molar-refractivity contribution in [1.29, 1.82) is 0 Å². The highest BCUT2D eigenvalue weighted by Gasteiger charge is 2.31. The Balaban J connectivity index is 1.72. The topological polar surface area (TPSA) is 41.9 Å². The summed E-state index contributed by atoms with van der Waals surface area (Å²) in [6.07, 6.45) is -3.80. The number of hydrogen-bond acceptors (Lipinski definition) is 3. The molecule has 2 aromatic rings. The van der Waals surface area contributed by atoms with Gasteiger partial charge in [0.2, 0.25) is 5.91 Å². The lowest BCUT2D eigenvalue weighted by atomic mass is 9.91. The molecule has 0 unspecified atom stereocenters. The van der Waals surface area contributed by atoms with Crippen molar-refractivity contribution in [3.8, 4) is 0 Å². The van der Waals surface area contributed by atoms with Gasteiger partial charge in [-0.05, 0) is 35.6 Å². The molecule has 0 N–H and O–H groups in total. The van der Waals surface area contributed by atoms with Gasteiger partial charge < -0.3 is 9.74 Å². The second-order valence-corrected chi connectivity index (χ2v) is 9.49. The van der Waals surface area contributed by atoms with Gasteiger partial charge in [-0.25, -0.2) is 0 Å².